The van der Waals surface area contributed by atoms with Crippen LogP contribution in [0.25, 0.3) is 17.0 Å². The molecule has 0 fully saturated rings. The largest absolute Gasteiger partial charge is 0.465 e. The highest BCUT2D eigenvalue weighted by molar-refractivity contribution is 6.14. The molecule has 0 spiro atoms. The Morgan fingerprint density at radius 2 is 1.89 bits per heavy atom. The van der Waals surface area contributed by atoms with Crippen LogP contribution in [0.3, 0.4) is 0 Å². The van der Waals surface area contributed by atoms with E-state index in [1.165, 1.54) is 24.5 Å². The summed E-state index contributed by atoms with van der Waals surface area (Å²) in [4.78, 5) is 24.8. The Hall–Kier alpha value is -4.06. The molecule has 4 aromatic rings. The van der Waals surface area contributed by atoms with Crippen molar-refractivity contribution < 1.29 is 27.9 Å². The molecule has 6 nitrogen and oxygen atoms in total. The molecule has 0 amide bonds. The zero-order valence-corrected chi connectivity index (χ0v) is 14.4. The summed E-state index contributed by atoms with van der Waals surface area (Å²) < 4.78 is 21.7. The number of allylic oxidation sites excluding steroid dienone is 1. The van der Waals surface area contributed by atoms with Gasteiger partial charge in [0.05, 0.1) is 11.8 Å². The van der Waals surface area contributed by atoms with E-state index in [2.05, 4.69) is 0 Å². The van der Waals surface area contributed by atoms with E-state index < -0.39 is 5.97 Å². The van der Waals surface area contributed by atoms with E-state index in [1.807, 2.05) is 18.2 Å². The van der Waals surface area contributed by atoms with Gasteiger partial charge in [-0.3, -0.25) is 4.79 Å². The van der Waals surface area contributed by atoms with Crippen LogP contribution in [0.15, 0.2) is 81.5 Å². The number of para-hydroxylation sites is 1. The summed E-state index contributed by atoms with van der Waals surface area (Å²) in [5.74, 6) is 0.415. The van der Waals surface area contributed by atoms with Gasteiger partial charge in [0.2, 0.25) is 11.5 Å². The van der Waals surface area contributed by atoms with Crippen LogP contribution in [0.5, 0.6) is 11.5 Å². The lowest BCUT2D eigenvalue weighted by atomic mass is 10.1. The van der Waals surface area contributed by atoms with E-state index in [0.717, 1.165) is 5.39 Å². The normalized spacial score (nSPS) is 14.3. The minimum absolute atomic E-state index is 0.0945. The lowest BCUT2D eigenvalue weighted by Crippen LogP contribution is -2.07. The van der Waals surface area contributed by atoms with Crippen molar-refractivity contribution >= 4 is 28.8 Å². The van der Waals surface area contributed by atoms with E-state index in [-0.39, 0.29) is 23.1 Å². The first-order valence-corrected chi connectivity index (χ1v) is 8.50. The van der Waals surface area contributed by atoms with Gasteiger partial charge in [-0.05, 0) is 36.4 Å². The Morgan fingerprint density at radius 3 is 2.71 bits per heavy atom. The highest BCUT2D eigenvalue weighted by Crippen LogP contribution is 2.35. The van der Waals surface area contributed by atoms with Crippen molar-refractivity contribution in [2.75, 3.05) is 0 Å². The second kappa shape index (κ2) is 6.28. The van der Waals surface area contributed by atoms with Crippen LogP contribution in [-0.4, -0.2) is 11.8 Å². The summed E-state index contributed by atoms with van der Waals surface area (Å²) >= 11 is 0. The third kappa shape index (κ3) is 2.77. The van der Waals surface area contributed by atoms with Gasteiger partial charge < -0.3 is 18.3 Å². The molecule has 0 unspecified atom stereocenters. The number of esters is 1. The van der Waals surface area contributed by atoms with Gasteiger partial charge >= 0.3 is 5.97 Å². The maximum Gasteiger partial charge on any atom is 0.379 e. The number of furan rings is 2. The molecule has 1 aliphatic rings. The van der Waals surface area contributed by atoms with Gasteiger partial charge in [0.1, 0.15) is 22.8 Å². The molecule has 3 heterocycles. The number of Topliss-reactive ketones (excluding diaryl/α,β-unsaturated/α-hetero) is 1. The lowest BCUT2D eigenvalue weighted by Gasteiger charge is -2.03. The van der Waals surface area contributed by atoms with Crippen molar-refractivity contribution in [1.82, 2.24) is 0 Å². The zero-order valence-electron chi connectivity index (χ0n) is 14.4. The minimum atomic E-state index is -0.633. The summed E-state index contributed by atoms with van der Waals surface area (Å²) in [6, 6.07) is 16.9. The first-order chi connectivity index (χ1) is 13.7. The molecule has 0 bridgehead atoms. The summed E-state index contributed by atoms with van der Waals surface area (Å²) in [5, 5.41) is 0.810. The number of rotatable bonds is 3. The fourth-order valence-corrected chi connectivity index (χ4v) is 2.97. The van der Waals surface area contributed by atoms with Gasteiger partial charge in [0.15, 0.2) is 5.76 Å². The van der Waals surface area contributed by atoms with Crippen molar-refractivity contribution in [1.29, 1.82) is 0 Å². The molecule has 2 aromatic carbocycles. The molecule has 0 aliphatic carbocycles. The summed E-state index contributed by atoms with van der Waals surface area (Å²) in [7, 11) is 0. The van der Waals surface area contributed by atoms with Gasteiger partial charge in [-0.2, -0.15) is 0 Å². The van der Waals surface area contributed by atoms with Gasteiger partial charge in [0.25, 0.3) is 0 Å². The highest BCUT2D eigenvalue weighted by atomic mass is 16.5. The second-order valence-electron chi connectivity index (χ2n) is 6.15. The number of hydrogen-bond acceptors (Lipinski definition) is 6. The van der Waals surface area contributed by atoms with Crippen LogP contribution in [0.1, 0.15) is 26.7 Å². The number of benzene rings is 2. The Labute approximate surface area is 158 Å². The van der Waals surface area contributed by atoms with Crippen molar-refractivity contribution in [3.05, 3.63) is 89.8 Å². The van der Waals surface area contributed by atoms with Crippen LogP contribution < -0.4 is 9.47 Å². The number of ketones is 1. The van der Waals surface area contributed by atoms with E-state index in [9.17, 15) is 9.59 Å². The number of carbonyl (C=O) groups excluding carboxylic acids is 2. The van der Waals surface area contributed by atoms with Crippen LogP contribution in [0, 0.1) is 0 Å². The molecule has 0 radical (unpaired) electrons. The van der Waals surface area contributed by atoms with E-state index in [1.54, 1.807) is 30.3 Å². The smallest absolute Gasteiger partial charge is 0.379 e. The molecule has 6 heteroatoms. The second-order valence-corrected chi connectivity index (χ2v) is 6.15. The van der Waals surface area contributed by atoms with Gasteiger partial charge in [-0.15, -0.1) is 0 Å². The van der Waals surface area contributed by atoms with Crippen LogP contribution >= 0.6 is 0 Å². The Bertz CT molecular complexity index is 1210. The Kier molecular flexibility index (Phi) is 3.62. The summed E-state index contributed by atoms with van der Waals surface area (Å²) in [6.45, 7) is 0. The molecule has 0 saturated carbocycles. The van der Waals surface area contributed by atoms with Gasteiger partial charge in [-0.1, -0.05) is 18.2 Å². The number of hydrogen-bond donors (Lipinski definition) is 0. The quantitative estimate of drug-likeness (QED) is 0.290. The van der Waals surface area contributed by atoms with Crippen molar-refractivity contribution in [3.63, 3.8) is 0 Å². The first-order valence-electron chi connectivity index (χ1n) is 8.50. The number of carbonyl (C=O) groups is 2. The van der Waals surface area contributed by atoms with E-state index in [0.29, 0.717) is 22.7 Å². The molecule has 2 aromatic heterocycles. The lowest BCUT2D eigenvalue weighted by molar-refractivity contribution is 0.0703. The third-order valence-electron chi connectivity index (χ3n) is 4.30. The summed E-state index contributed by atoms with van der Waals surface area (Å²) in [5.41, 5.74) is 0.992. The summed E-state index contributed by atoms with van der Waals surface area (Å²) in [6.07, 6.45) is 3.02. The van der Waals surface area contributed by atoms with Crippen molar-refractivity contribution in [3.8, 4) is 11.5 Å². The van der Waals surface area contributed by atoms with Crippen molar-refractivity contribution in [2.45, 2.75) is 0 Å². The monoisotopic (exact) mass is 372 g/mol. The minimum Gasteiger partial charge on any atom is -0.465 e. The Balaban J connectivity index is 1.38. The SMILES string of the molecule is O=C(Oc1ccc2c(c1)O/C(=C\c1ccco1)C2=O)c1cc2ccccc2o1. The van der Waals surface area contributed by atoms with E-state index >= 15 is 0 Å². The van der Waals surface area contributed by atoms with Crippen LogP contribution in [-0.2, 0) is 0 Å². The highest BCUT2D eigenvalue weighted by Gasteiger charge is 2.28. The molecule has 136 valence electrons. The molecular formula is C22H12O6. The van der Waals surface area contributed by atoms with E-state index in [4.69, 9.17) is 18.3 Å². The fraction of sp³-hybridized carbons (Fsp3) is 0. The van der Waals surface area contributed by atoms with Crippen LogP contribution in [0.4, 0.5) is 0 Å². The zero-order chi connectivity index (χ0) is 19.1. The topological polar surface area (TPSA) is 78.9 Å². The van der Waals surface area contributed by atoms with Crippen LogP contribution in [0.2, 0.25) is 0 Å². The Morgan fingerprint density at radius 1 is 1.00 bits per heavy atom. The fourth-order valence-electron chi connectivity index (χ4n) is 2.97. The third-order valence-corrected chi connectivity index (χ3v) is 4.30. The number of fused-ring (bicyclic) bond motifs is 2. The predicted octanol–water partition coefficient (Wildman–Crippen LogP) is 4.86. The molecular weight excluding hydrogens is 360 g/mol. The molecule has 0 saturated heterocycles. The average molecular weight is 372 g/mol. The van der Waals surface area contributed by atoms with Gasteiger partial charge in [-0.25, -0.2) is 4.79 Å². The standard InChI is InChI=1S/C22H12O6/c23-21-16-8-7-15(12-18(16)28-19(21)11-14-5-3-9-25-14)26-22(24)20-10-13-4-1-2-6-17(13)27-20/h1-12H/b19-11-. The average Bonchev–Trinajstić information content (AvgIpc) is 3.42. The van der Waals surface area contributed by atoms with Crippen molar-refractivity contribution in [2.24, 2.45) is 0 Å². The molecule has 0 atom stereocenters. The molecule has 28 heavy (non-hydrogen) atoms. The number of ether oxygens (including phenoxy) is 2. The molecule has 5 rings (SSSR count). The predicted molar refractivity (Wildman–Crippen MR) is 99.3 cm³/mol. The molecule has 1 aliphatic heterocycles. The first kappa shape index (κ1) is 16.1. The maximum absolute atomic E-state index is 12.4. The maximum atomic E-state index is 12.4. The van der Waals surface area contributed by atoms with Gasteiger partial charge in [0, 0.05) is 17.5 Å². The molecule has 0 N–H and O–H groups in total.